The normalized spacial score (nSPS) is 20.0. The van der Waals surface area contributed by atoms with Crippen LogP contribution in [-0.4, -0.2) is 31.7 Å². The summed E-state index contributed by atoms with van der Waals surface area (Å²) in [5.74, 6) is 1.64. The first-order chi connectivity index (χ1) is 11.7. The van der Waals surface area contributed by atoms with Crippen LogP contribution in [0.2, 0.25) is 0 Å². The number of hydrogen-bond donors (Lipinski definition) is 2. The van der Waals surface area contributed by atoms with Crippen LogP contribution in [-0.2, 0) is 0 Å². The van der Waals surface area contributed by atoms with Gasteiger partial charge >= 0.3 is 0 Å². The Hall–Kier alpha value is -1.75. The smallest absolute Gasteiger partial charge is 0.251 e. The molecule has 2 unspecified atom stereocenters. The summed E-state index contributed by atoms with van der Waals surface area (Å²) in [6.45, 7) is 5.86. The van der Waals surface area contributed by atoms with Crippen molar-refractivity contribution in [1.82, 2.24) is 5.32 Å². The standard InChI is InChI=1S/C19H30N2O3/c1-3-5-11-24-17-10-9-14(12-18(17)23-4-2)19(22)21-16-8-6-7-15(16)13-20/h9-10,12,15-16H,3-8,11,13,20H2,1-2H3,(H,21,22). The molecular weight excluding hydrogens is 304 g/mol. The zero-order chi connectivity index (χ0) is 17.4. The molecular formula is C19H30N2O3. The van der Waals surface area contributed by atoms with E-state index in [1.165, 1.54) is 0 Å². The maximum atomic E-state index is 12.5. The summed E-state index contributed by atoms with van der Waals surface area (Å²) < 4.78 is 11.4. The fraction of sp³-hybridized carbons (Fsp3) is 0.632. The molecule has 5 heteroatoms. The van der Waals surface area contributed by atoms with Gasteiger partial charge in [0.2, 0.25) is 0 Å². The Morgan fingerprint density at radius 1 is 1.25 bits per heavy atom. The van der Waals surface area contributed by atoms with Crippen molar-refractivity contribution in [2.24, 2.45) is 11.7 Å². The summed E-state index contributed by atoms with van der Waals surface area (Å²) >= 11 is 0. The average molecular weight is 334 g/mol. The molecule has 24 heavy (non-hydrogen) atoms. The van der Waals surface area contributed by atoms with Gasteiger partial charge in [-0.25, -0.2) is 0 Å². The van der Waals surface area contributed by atoms with Crippen LogP contribution in [0.3, 0.4) is 0 Å². The predicted octanol–water partition coefficient (Wildman–Crippen LogP) is 3.12. The summed E-state index contributed by atoms with van der Waals surface area (Å²) in [5, 5.41) is 3.12. The number of ether oxygens (including phenoxy) is 2. The van der Waals surface area contributed by atoms with Gasteiger partial charge in [0.25, 0.3) is 5.91 Å². The molecule has 3 N–H and O–H groups in total. The number of amides is 1. The maximum Gasteiger partial charge on any atom is 0.251 e. The second-order valence-corrected chi connectivity index (χ2v) is 6.30. The van der Waals surface area contributed by atoms with Gasteiger partial charge in [-0.2, -0.15) is 0 Å². The lowest BCUT2D eigenvalue weighted by atomic mass is 10.0. The Bertz CT molecular complexity index is 533. The molecule has 0 heterocycles. The van der Waals surface area contributed by atoms with E-state index in [0.29, 0.717) is 42.7 Å². The van der Waals surface area contributed by atoms with E-state index in [-0.39, 0.29) is 11.9 Å². The fourth-order valence-electron chi connectivity index (χ4n) is 3.12. The number of unbranched alkanes of at least 4 members (excludes halogenated alkanes) is 1. The van der Waals surface area contributed by atoms with E-state index in [4.69, 9.17) is 15.2 Å². The highest BCUT2D eigenvalue weighted by atomic mass is 16.5. The van der Waals surface area contributed by atoms with E-state index < -0.39 is 0 Å². The number of nitrogens with two attached hydrogens (primary N) is 1. The molecule has 1 aromatic carbocycles. The van der Waals surface area contributed by atoms with Crippen LogP contribution >= 0.6 is 0 Å². The number of carbonyl (C=O) groups is 1. The summed E-state index contributed by atoms with van der Waals surface area (Å²) in [6.07, 6.45) is 5.30. The molecule has 5 nitrogen and oxygen atoms in total. The molecule has 1 saturated carbocycles. The van der Waals surface area contributed by atoms with Crippen LogP contribution in [0.1, 0.15) is 56.3 Å². The van der Waals surface area contributed by atoms with Crippen LogP contribution in [0.5, 0.6) is 11.5 Å². The monoisotopic (exact) mass is 334 g/mol. The van der Waals surface area contributed by atoms with Gasteiger partial charge in [-0.15, -0.1) is 0 Å². The molecule has 0 aromatic heterocycles. The lowest BCUT2D eigenvalue weighted by Gasteiger charge is -2.20. The number of hydrogen-bond acceptors (Lipinski definition) is 4. The number of carbonyl (C=O) groups excluding carboxylic acids is 1. The zero-order valence-electron chi connectivity index (χ0n) is 14.8. The predicted molar refractivity (Wildman–Crippen MR) is 95.7 cm³/mol. The largest absolute Gasteiger partial charge is 0.490 e. The van der Waals surface area contributed by atoms with Gasteiger partial charge in [-0.1, -0.05) is 19.8 Å². The van der Waals surface area contributed by atoms with Crippen LogP contribution in [0.15, 0.2) is 18.2 Å². The number of benzene rings is 1. The first-order valence-electron chi connectivity index (χ1n) is 9.10. The van der Waals surface area contributed by atoms with E-state index in [2.05, 4.69) is 12.2 Å². The molecule has 2 rings (SSSR count). The van der Waals surface area contributed by atoms with Crippen molar-refractivity contribution in [1.29, 1.82) is 0 Å². The van der Waals surface area contributed by atoms with Gasteiger partial charge in [-0.05, 0) is 56.8 Å². The molecule has 0 saturated heterocycles. The van der Waals surface area contributed by atoms with Gasteiger partial charge in [0.1, 0.15) is 0 Å². The molecule has 0 bridgehead atoms. The zero-order valence-corrected chi connectivity index (χ0v) is 14.8. The van der Waals surface area contributed by atoms with E-state index in [1.54, 1.807) is 12.1 Å². The summed E-state index contributed by atoms with van der Waals surface area (Å²) in [6, 6.07) is 5.57. The maximum absolute atomic E-state index is 12.5. The highest BCUT2D eigenvalue weighted by molar-refractivity contribution is 5.95. The van der Waals surface area contributed by atoms with Gasteiger partial charge < -0.3 is 20.5 Å². The topological polar surface area (TPSA) is 73.6 Å². The van der Waals surface area contributed by atoms with E-state index in [0.717, 1.165) is 32.1 Å². The Morgan fingerprint density at radius 2 is 2.08 bits per heavy atom. The van der Waals surface area contributed by atoms with Crippen LogP contribution in [0.4, 0.5) is 0 Å². The van der Waals surface area contributed by atoms with Gasteiger partial charge in [0.05, 0.1) is 13.2 Å². The first-order valence-corrected chi connectivity index (χ1v) is 9.10. The molecule has 0 aliphatic heterocycles. The van der Waals surface area contributed by atoms with Crippen molar-refractivity contribution in [2.45, 2.75) is 52.0 Å². The minimum absolute atomic E-state index is 0.0681. The van der Waals surface area contributed by atoms with Crippen molar-refractivity contribution in [3.63, 3.8) is 0 Å². The second-order valence-electron chi connectivity index (χ2n) is 6.30. The molecule has 1 amide bonds. The number of rotatable bonds is 9. The minimum Gasteiger partial charge on any atom is -0.490 e. The van der Waals surface area contributed by atoms with Crippen LogP contribution in [0, 0.1) is 5.92 Å². The Kier molecular flexibility index (Phi) is 7.37. The lowest BCUT2D eigenvalue weighted by molar-refractivity contribution is 0.0928. The van der Waals surface area contributed by atoms with Crippen LogP contribution in [0.25, 0.3) is 0 Å². The van der Waals surface area contributed by atoms with Crippen molar-refractivity contribution in [3.8, 4) is 11.5 Å². The molecule has 1 aromatic rings. The van der Waals surface area contributed by atoms with Crippen LogP contribution < -0.4 is 20.5 Å². The second kappa shape index (κ2) is 9.52. The van der Waals surface area contributed by atoms with Gasteiger partial charge in [-0.3, -0.25) is 4.79 Å². The van der Waals surface area contributed by atoms with Crippen molar-refractivity contribution in [2.75, 3.05) is 19.8 Å². The minimum atomic E-state index is -0.0681. The van der Waals surface area contributed by atoms with Gasteiger partial charge in [0.15, 0.2) is 11.5 Å². The summed E-state index contributed by atoms with van der Waals surface area (Å²) in [4.78, 5) is 12.5. The third kappa shape index (κ3) is 4.87. The van der Waals surface area contributed by atoms with Gasteiger partial charge in [0, 0.05) is 11.6 Å². The Morgan fingerprint density at radius 3 is 2.79 bits per heavy atom. The van der Waals surface area contributed by atoms with Crippen molar-refractivity contribution < 1.29 is 14.3 Å². The first kappa shape index (κ1) is 18.6. The molecule has 134 valence electrons. The van der Waals surface area contributed by atoms with Crippen molar-refractivity contribution in [3.05, 3.63) is 23.8 Å². The summed E-state index contributed by atoms with van der Waals surface area (Å²) in [7, 11) is 0. The third-order valence-corrected chi connectivity index (χ3v) is 4.54. The molecule has 0 radical (unpaired) electrons. The van der Waals surface area contributed by atoms with E-state index >= 15 is 0 Å². The molecule has 2 atom stereocenters. The Labute approximate surface area is 144 Å². The molecule has 1 fully saturated rings. The Balaban J connectivity index is 2.06. The summed E-state index contributed by atoms with van der Waals surface area (Å²) in [5.41, 5.74) is 6.39. The highest BCUT2D eigenvalue weighted by Gasteiger charge is 2.27. The fourth-order valence-corrected chi connectivity index (χ4v) is 3.12. The highest BCUT2D eigenvalue weighted by Crippen LogP contribution is 2.29. The van der Waals surface area contributed by atoms with Crippen molar-refractivity contribution >= 4 is 5.91 Å². The SMILES string of the molecule is CCCCOc1ccc(C(=O)NC2CCCC2CN)cc1OCC. The quantitative estimate of drug-likeness (QED) is 0.681. The molecule has 1 aliphatic carbocycles. The van der Waals surface area contributed by atoms with E-state index in [9.17, 15) is 4.79 Å². The average Bonchev–Trinajstić information content (AvgIpc) is 3.03. The molecule has 1 aliphatic rings. The van der Waals surface area contributed by atoms with E-state index in [1.807, 2.05) is 13.0 Å². The third-order valence-electron chi connectivity index (χ3n) is 4.54. The number of nitrogens with one attached hydrogen (secondary N) is 1. The lowest BCUT2D eigenvalue weighted by Crippen LogP contribution is -2.39. The molecule has 0 spiro atoms.